The zero-order chi connectivity index (χ0) is 9.97. The minimum absolute atomic E-state index is 0. The molecular weight excluding hydrogens is 227 g/mol. The molecule has 1 aliphatic rings. The Balaban J connectivity index is 0.00000169. The van der Waals surface area contributed by atoms with Crippen molar-refractivity contribution in [1.82, 2.24) is 0 Å². The van der Waals surface area contributed by atoms with Gasteiger partial charge in [-0.3, -0.25) is 4.18 Å². The minimum atomic E-state index is -3.17. The Labute approximate surface area is 111 Å². The zero-order valence-electron chi connectivity index (χ0n) is 8.75. The fourth-order valence-electron chi connectivity index (χ4n) is 1.58. The number of rotatable bonds is 3. The van der Waals surface area contributed by atoms with Crippen LogP contribution in [0.2, 0.25) is 12.1 Å². The Morgan fingerprint density at radius 3 is 2.07 bits per heavy atom. The molecule has 0 atom stereocenters. The van der Waals surface area contributed by atoms with Crippen LogP contribution in [0.15, 0.2) is 0 Å². The van der Waals surface area contributed by atoms with Crippen LogP contribution < -0.4 is 0 Å². The SMILES string of the molecule is COS(C)(C)(=O)O[SiH]1CCCCC1.[NaH]. The third kappa shape index (κ3) is 5.39. The molecule has 1 fully saturated rings. The van der Waals surface area contributed by atoms with Crippen molar-refractivity contribution in [2.24, 2.45) is 0 Å². The van der Waals surface area contributed by atoms with Gasteiger partial charge in [0, 0.05) is 12.5 Å². The van der Waals surface area contributed by atoms with Gasteiger partial charge in [0.2, 0.25) is 0 Å². The molecule has 1 aliphatic heterocycles. The van der Waals surface area contributed by atoms with E-state index in [0.29, 0.717) is 0 Å². The summed E-state index contributed by atoms with van der Waals surface area (Å²) in [6, 6.07) is 2.30. The van der Waals surface area contributed by atoms with E-state index in [0.717, 1.165) is 12.1 Å². The van der Waals surface area contributed by atoms with E-state index in [2.05, 4.69) is 0 Å². The summed E-state index contributed by atoms with van der Waals surface area (Å²) in [4.78, 5) is 0. The van der Waals surface area contributed by atoms with Gasteiger partial charge in [0.1, 0.15) is 0 Å². The molecule has 6 heteroatoms. The molecule has 0 aliphatic carbocycles. The maximum atomic E-state index is 12.0. The summed E-state index contributed by atoms with van der Waals surface area (Å²) in [6.45, 7) is 0. The molecule has 0 spiro atoms. The summed E-state index contributed by atoms with van der Waals surface area (Å²) in [6.07, 6.45) is 6.95. The molecule has 0 bridgehead atoms. The second-order valence-electron chi connectivity index (χ2n) is 4.14. The molecule has 0 N–H and O–H groups in total. The molecule has 14 heavy (non-hydrogen) atoms. The summed E-state index contributed by atoms with van der Waals surface area (Å²) in [5.74, 6) is 0. The van der Waals surface area contributed by atoms with Crippen LogP contribution in [0.4, 0.5) is 0 Å². The molecule has 0 amide bonds. The van der Waals surface area contributed by atoms with Crippen LogP contribution >= 0.6 is 0 Å². The topological polar surface area (TPSA) is 35.5 Å². The van der Waals surface area contributed by atoms with Crippen molar-refractivity contribution < 1.29 is 12.3 Å². The van der Waals surface area contributed by atoms with Crippen LogP contribution in [0.1, 0.15) is 19.3 Å². The van der Waals surface area contributed by atoms with Crippen molar-refractivity contribution in [2.75, 3.05) is 19.6 Å². The van der Waals surface area contributed by atoms with Crippen LogP contribution in [-0.2, 0) is 17.7 Å². The summed E-state index contributed by atoms with van der Waals surface area (Å²) in [5.41, 5.74) is 0. The first-order valence-corrected chi connectivity index (χ1v) is 9.51. The average molecular weight is 248 g/mol. The molecule has 1 saturated heterocycles. The van der Waals surface area contributed by atoms with Crippen molar-refractivity contribution in [1.29, 1.82) is 0 Å². The van der Waals surface area contributed by atoms with Gasteiger partial charge in [-0.05, 0) is 12.1 Å². The van der Waals surface area contributed by atoms with E-state index in [1.807, 2.05) is 0 Å². The first kappa shape index (κ1) is 15.3. The van der Waals surface area contributed by atoms with Crippen LogP contribution in [-0.4, -0.2) is 62.4 Å². The Bertz CT molecular complexity index is 235. The molecule has 1 rings (SSSR count). The molecule has 0 unspecified atom stereocenters. The van der Waals surface area contributed by atoms with Gasteiger partial charge in [0.15, 0.2) is 9.04 Å². The molecule has 0 aromatic rings. The molecule has 82 valence electrons. The summed E-state index contributed by atoms with van der Waals surface area (Å²) < 4.78 is 22.7. The van der Waals surface area contributed by atoms with Gasteiger partial charge in [-0.15, -0.1) is 0 Å². The van der Waals surface area contributed by atoms with Crippen LogP contribution in [0, 0.1) is 0 Å². The van der Waals surface area contributed by atoms with E-state index in [1.54, 1.807) is 12.5 Å². The number of hydrogen-bond donors (Lipinski definition) is 0. The molecule has 0 saturated carbocycles. The Hall–Kier alpha value is 1.29. The zero-order valence-corrected chi connectivity index (χ0v) is 10.7. The quantitative estimate of drug-likeness (QED) is 0.694. The van der Waals surface area contributed by atoms with E-state index in [-0.39, 0.29) is 29.6 Å². The normalized spacial score (nSPS) is 22.1. The van der Waals surface area contributed by atoms with Crippen LogP contribution in [0.3, 0.4) is 0 Å². The summed E-state index contributed by atoms with van der Waals surface area (Å²) in [7, 11) is -2.94. The van der Waals surface area contributed by atoms with Gasteiger partial charge >= 0.3 is 29.6 Å². The van der Waals surface area contributed by atoms with Crippen molar-refractivity contribution in [3.63, 3.8) is 0 Å². The van der Waals surface area contributed by atoms with Gasteiger partial charge in [-0.25, -0.2) is 4.21 Å². The molecule has 0 radical (unpaired) electrons. The van der Waals surface area contributed by atoms with Crippen LogP contribution in [0.5, 0.6) is 0 Å². The predicted molar refractivity (Wildman–Crippen MR) is 65.8 cm³/mol. The monoisotopic (exact) mass is 248 g/mol. The third-order valence-electron chi connectivity index (χ3n) is 2.43. The van der Waals surface area contributed by atoms with Gasteiger partial charge in [0.25, 0.3) is 0 Å². The fourth-order valence-corrected chi connectivity index (χ4v) is 7.51. The first-order valence-electron chi connectivity index (χ1n) is 4.78. The van der Waals surface area contributed by atoms with Gasteiger partial charge in [-0.1, -0.05) is 19.3 Å². The molecule has 1 heterocycles. The van der Waals surface area contributed by atoms with E-state index < -0.39 is 18.7 Å². The average Bonchev–Trinajstić information content (AvgIpc) is 2.05. The van der Waals surface area contributed by atoms with Crippen LogP contribution in [0.25, 0.3) is 0 Å². The van der Waals surface area contributed by atoms with E-state index >= 15 is 0 Å². The van der Waals surface area contributed by atoms with Crippen molar-refractivity contribution in [2.45, 2.75) is 31.4 Å². The Morgan fingerprint density at radius 2 is 1.64 bits per heavy atom. The standard InChI is InChI=1S/C8H20O3SSi.Na.H/c1-10-12(2,3,9)11-13-7-5-4-6-8-13;;/h13H,4-8H2,1-3H3;;. The second-order valence-corrected chi connectivity index (χ2v) is 10.9. The Morgan fingerprint density at radius 1 is 1.14 bits per heavy atom. The van der Waals surface area contributed by atoms with Crippen molar-refractivity contribution >= 4 is 48.2 Å². The second kappa shape index (κ2) is 5.57. The fraction of sp³-hybridized carbons (Fsp3) is 1.00. The number of hydrogen-bond acceptors (Lipinski definition) is 3. The molecule has 3 nitrogen and oxygen atoms in total. The Kier molecular flexibility index (Phi) is 6.08. The molecular formula is C8H21NaO3SSi. The van der Waals surface area contributed by atoms with E-state index in [4.69, 9.17) is 8.06 Å². The van der Waals surface area contributed by atoms with Gasteiger partial charge in [0.05, 0.1) is 16.7 Å². The van der Waals surface area contributed by atoms with Crippen molar-refractivity contribution in [3.8, 4) is 0 Å². The van der Waals surface area contributed by atoms with Gasteiger partial charge in [-0.2, -0.15) is 0 Å². The summed E-state index contributed by atoms with van der Waals surface area (Å²) >= 11 is 0. The van der Waals surface area contributed by atoms with E-state index in [9.17, 15) is 4.21 Å². The maximum absolute atomic E-state index is 12.0. The van der Waals surface area contributed by atoms with E-state index in [1.165, 1.54) is 26.4 Å². The third-order valence-corrected chi connectivity index (χ3v) is 8.73. The first-order chi connectivity index (χ1) is 5.91. The molecule has 0 aromatic heterocycles. The molecule has 0 aromatic carbocycles. The predicted octanol–water partition coefficient (Wildman–Crippen LogP) is 0.818. The van der Waals surface area contributed by atoms with Gasteiger partial charge < -0.3 is 3.87 Å². The van der Waals surface area contributed by atoms with Crippen molar-refractivity contribution in [3.05, 3.63) is 0 Å². The summed E-state index contributed by atoms with van der Waals surface area (Å²) in [5, 5.41) is 0.